The van der Waals surface area contributed by atoms with Crippen molar-refractivity contribution in [3.8, 4) is 0 Å². The van der Waals surface area contributed by atoms with E-state index in [9.17, 15) is 0 Å². The number of nitrogens with one attached hydrogen (secondary N) is 1. The van der Waals surface area contributed by atoms with E-state index in [1.165, 1.54) is 16.2 Å². The van der Waals surface area contributed by atoms with Crippen molar-refractivity contribution in [2.45, 2.75) is 13.3 Å². The fourth-order valence-electron chi connectivity index (χ4n) is 1.07. The zero-order valence-electron chi connectivity index (χ0n) is 7.96. The molecule has 0 fully saturated rings. The van der Waals surface area contributed by atoms with Crippen LogP contribution < -0.4 is 4.90 Å². The molecule has 0 saturated heterocycles. The first kappa shape index (κ1) is 11.1. The highest BCUT2D eigenvalue weighted by molar-refractivity contribution is 5.32. The second kappa shape index (κ2) is 4.91. The molecule has 0 amide bonds. The summed E-state index contributed by atoms with van der Waals surface area (Å²) in [5, 5.41) is 0. The van der Waals surface area contributed by atoms with E-state index in [1.807, 2.05) is 0 Å². The SMILES string of the molecule is CCc1ccc([NH+](C)C)cc1.[OH-]. The summed E-state index contributed by atoms with van der Waals surface area (Å²) in [4.78, 5) is 1.38. The van der Waals surface area contributed by atoms with Crippen LogP contribution in [0.25, 0.3) is 0 Å². The third-order valence-corrected chi connectivity index (χ3v) is 1.94. The van der Waals surface area contributed by atoms with Gasteiger partial charge in [-0.1, -0.05) is 19.1 Å². The molecule has 0 radical (unpaired) electrons. The lowest BCUT2D eigenvalue weighted by Gasteiger charge is -2.06. The summed E-state index contributed by atoms with van der Waals surface area (Å²) in [7, 11) is 4.28. The average molecular weight is 167 g/mol. The van der Waals surface area contributed by atoms with Crippen molar-refractivity contribution in [3.63, 3.8) is 0 Å². The van der Waals surface area contributed by atoms with Crippen molar-refractivity contribution in [1.29, 1.82) is 0 Å². The van der Waals surface area contributed by atoms with Crippen LogP contribution in [0, 0.1) is 0 Å². The number of rotatable bonds is 2. The molecule has 0 aliphatic rings. The van der Waals surface area contributed by atoms with Gasteiger partial charge in [-0.05, 0) is 24.1 Å². The molecule has 0 atom stereocenters. The van der Waals surface area contributed by atoms with E-state index in [0.29, 0.717) is 0 Å². The molecule has 68 valence electrons. The van der Waals surface area contributed by atoms with Gasteiger partial charge in [0.2, 0.25) is 0 Å². The molecule has 2 nitrogen and oxygen atoms in total. The molecule has 12 heavy (non-hydrogen) atoms. The molecule has 1 aromatic rings. The molecule has 0 heterocycles. The molecule has 0 spiro atoms. The number of hydrogen-bond acceptors (Lipinski definition) is 1. The minimum absolute atomic E-state index is 0. The van der Waals surface area contributed by atoms with Crippen LogP contribution in [0.3, 0.4) is 0 Å². The summed E-state index contributed by atoms with van der Waals surface area (Å²) in [5.41, 5.74) is 2.76. The van der Waals surface area contributed by atoms with E-state index in [1.54, 1.807) is 0 Å². The maximum atomic E-state index is 2.20. The van der Waals surface area contributed by atoms with E-state index in [-0.39, 0.29) is 5.48 Å². The van der Waals surface area contributed by atoms with Gasteiger partial charge in [-0.2, -0.15) is 0 Å². The van der Waals surface area contributed by atoms with Crippen LogP contribution in [0.4, 0.5) is 5.69 Å². The molecule has 0 saturated carbocycles. The smallest absolute Gasteiger partial charge is 0.130 e. The summed E-state index contributed by atoms with van der Waals surface area (Å²) in [6.45, 7) is 2.18. The van der Waals surface area contributed by atoms with E-state index in [4.69, 9.17) is 0 Å². The summed E-state index contributed by atoms with van der Waals surface area (Å²) < 4.78 is 0. The van der Waals surface area contributed by atoms with E-state index < -0.39 is 0 Å². The lowest BCUT2D eigenvalue weighted by Crippen LogP contribution is -3.00. The van der Waals surface area contributed by atoms with Crippen LogP contribution in [0.5, 0.6) is 0 Å². The molecule has 1 aromatic carbocycles. The molecular weight excluding hydrogens is 150 g/mol. The van der Waals surface area contributed by atoms with Gasteiger partial charge < -0.3 is 10.4 Å². The van der Waals surface area contributed by atoms with Crippen LogP contribution in [0.2, 0.25) is 0 Å². The van der Waals surface area contributed by atoms with Gasteiger partial charge in [-0.15, -0.1) is 0 Å². The Morgan fingerprint density at radius 2 is 1.58 bits per heavy atom. The topological polar surface area (TPSA) is 34.4 Å². The zero-order valence-corrected chi connectivity index (χ0v) is 7.96. The Hall–Kier alpha value is -0.860. The summed E-state index contributed by atoms with van der Waals surface area (Å²) in [5.74, 6) is 0. The molecule has 0 aliphatic heterocycles. The third-order valence-electron chi connectivity index (χ3n) is 1.94. The van der Waals surface area contributed by atoms with Gasteiger partial charge in [-0.25, -0.2) is 0 Å². The fourth-order valence-corrected chi connectivity index (χ4v) is 1.07. The minimum atomic E-state index is 0. The average Bonchev–Trinajstić information content (AvgIpc) is 2.05. The van der Waals surface area contributed by atoms with Gasteiger partial charge in [0.15, 0.2) is 0 Å². The highest BCUT2D eigenvalue weighted by atomic mass is 16.0. The molecule has 0 aromatic heterocycles. The lowest BCUT2D eigenvalue weighted by atomic mass is 10.1. The predicted molar refractivity (Wildman–Crippen MR) is 50.2 cm³/mol. The monoisotopic (exact) mass is 167 g/mol. The third kappa shape index (κ3) is 2.64. The molecule has 2 heteroatoms. The van der Waals surface area contributed by atoms with E-state index >= 15 is 0 Å². The molecule has 1 rings (SSSR count). The van der Waals surface area contributed by atoms with Crippen molar-refractivity contribution in [2.24, 2.45) is 0 Å². The Morgan fingerprint density at radius 3 is 1.92 bits per heavy atom. The van der Waals surface area contributed by atoms with Gasteiger partial charge >= 0.3 is 0 Å². The van der Waals surface area contributed by atoms with Crippen LogP contribution >= 0.6 is 0 Å². The Kier molecular flexibility index (Phi) is 4.55. The van der Waals surface area contributed by atoms with Crippen molar-refractivity contribution < 1.29 is 10.4 Å². The highest BCUT2D eigenvalue weighted by Gasteiger charge is 1.97. The second-order valence-electron chi connectivity index (χ2n) is 3.05. The molecule has 0 unspecified atom stereocenters. The molecule has 2 N–H and O–H groups in total. The van der Waals surface area contributed by atoms with Crippen LogP contribution in [-0.4, -0.2) is 19.6 Å². The molecule has 0 aliphatic carbocycles. The Morgan fingerprint density at radius 1 is 1.08 bits per heavy atom. The van der Waals surface area contributed by atoms with E-state index in [2.05, 4.69) is 45.3 Å². The summed E-state index contributed by atoms with van der Waals surface area (Å²) >= 11 is 0. The maximum Gasteiger partial charge on any atom is 0.130 e. The van der Waals surface area contributed by atoms with Gasteiger partial charge in [0.25, 0.3) is 0 Å². The Balaban J connectivity index is 0.00000121. The zero-order chi connectivity index (χ0) is 8.27. The van der Waals surface area contributed by atoms with Crippen molar-refractivity contribution in [1.82, 2.24) is 0 Å². The maximum absolute atomic E-state index is 2.20. The second-order valence-corrected chi connectivity index (χ2v) is 3.05. The van der Waals surface area contributed by atoms with Crippen LogP contribution in [0.15, 0.2) is 24.3 Å². The standard InChI is InChI=1S/C10H15N.H2O/c1-4-9-5-7-10(8-6-9)11(2)3;/h5-8H,4H2,1-3H3;1H2. The number of hydrogen-bond donors (Lipinski definition) is 1. The number of benzene rings is 1. The summed E-state index contributed by atoms with van der Waals surface area (Å²) in [6.07, 6.45) is 1.13. The Bertz CT molecular complexity index is 216. The first-order valence-corrected chi connectivity index (χ1v) is 4.13. The van der Waals surface area contributed by atoms with Crippen molar-refractivity contribution in [3.05, 3.63) is 29.8 Å². The number of aryl methyl sites for hydroxylation is 1. The number of quaternary nitrogens is 1. The highest BCUT2D eigenvalue weighted by Crippen LogP contribution is 2.04. The van der Waals surface area contributed by atoms with E-state index in [0.717, 1.165) is 6.42 Å². The Labute approximate surface area is 74.1 Å². The fraction of sp³-hybridized carbons (Fsp3) is 0.400. The van der Waals surface area contributed by atoms with Crippen LogP contribution in [-0.2, 0) is 6.42 Å². The van der Waals surface area contributed by atoms with Crippen molar-refractivity contribution in [2.75, 3.05) is 14.1 Å². The van der Waals surface area contributed by atoms with Crippen molar-refractivity contribution >= 4 is 5.69 Å². The normalized spacial score (nSPS) is 9.67. The predicted octanol–water partition coefficient (Wildman–Crippen LogP) is 0.848. The van der Waals surface area contributed by atoms with Crippen LogP contribution in [0.1, 0.15) is 12.5 Å². The lowest BCUT2D eigenvalue weighted by molar-refractivity contribution is -0.786. The molecule has 0 bridgehead atoms. The first-order valence-electron chi connectivity index (χ1n) is 4.13. The molecular formula is C10H17NO. The van der Waals surface area contributed by atoms with Gasteiger partial charge in [0.05, 0.1) is 14.1 Å². The minimum Gasteiger partial charge on any atom is -0.870 e. The summed E-state index contributed by atoms with van der Waals surface area (Å²) in [6, 6.07) is 8.77. The van der Waals surface area contributed by atoms with Gasteiger partial charge in [0.1, 0.15) is 5.69 Å². The van der Waals surface area contributed by atoms with Gasteiger partial charge in [0, 0.05) is 0 Å². The largest absolute Gasteiger partial charge is 0.870 e. The van der Waals surface area contributed by atoms with Gasteiger partial charge in [-0.3, -0.25) is 0 Å². The first-order chi connectivity index (χ1) is 5.24. The quantitative estimate of drug-likeness (QED) is 0.696.